The van der Waals surface area contributed by atoms with Gasteiger partial charge in [0.25, 0.3) is 0 Å². The fraction of sp³-hybridized carbons (Fsp3) is 1.00. The maximum absolute atomic E-state index is 9.24. The number of hydrogen-bond donors (Lipinski definition) is 2. The Bertz CT molecular complexity index is 89.1. The van der Waals surface area contributed by atoms with Crippen molar-refractivity contribution in [3.05, 3.63) is 0 Å². The van der Waals surface area contributed by atoms with Gasteiger partial charge in [-0.3, -0.25) is 0 Å². The first-order valence-corrected chi connectivity index (χ1v) is 4.61. The summed E-state index contributed by atoms with van der Waals surface area (Å²) in [7, 11) is 0. The molecule has 3 heteroatoms. The molecule has 0 saturated carbocycles. The molecule has 1 aliphatic rings. The van der Waals surface area contributed by atoms with E-state index in [9.17, 15) is 5.11 Å². The summed E-state index contributed by atoms with van der Waals surface area (Å²) in [5.41, 5.74) is 0. The summed E-state index contributed by atoms with van der Waals surface area (Å²) >= 11 is 1.80. The molecule has 0 spiro atoms. The molecule has 0 aromatic rings. The van der Waals surface area contributed by atoms with Crippen LogP contribution in [0.25, 0.3) is 0 Å². The fourth-order valence-electron chi connectivity index (χ4n) is 1.10. The van der Waals surface area contributed by atoms with Crippen molar-refractivity contribution >= 4 is 11.8 Å². The van der Waals surface area contributed by atoms with E-state index < -0.39 is 0 Å². The van der Waals surface area contributed by atoms with Crippen LogP contribution >= 0.6 is 11.8 Å². The van der Waals surface area contributed by atoms with E-state index in [1.807, 2.05) is 0 Å². The summed E-state index contributed by atoms with van der Waals surface area (Å²) < 4.78 is 0. The Balaban J connectivity index is 2.22. The molecule has 1 saturated heterocycles. The lowest BCUT2D eigenvalue weighted by Crippen LogP contribution is -2.19. The number of rotatable bonds is 2. The van der Waals surface area contributed by atoms with Crippen LogP contribution in [-0.2, 0) is 0 Å². The minimum Gasteiger partial charge on any atom is -0.391 e. The zero-order valence-corrected chi connectivity index (χ0v) is 6.45. The van der Waals surface area contributed by atoms with Crippen molar-refractivity contribution in [2.24, 2.45) is 5.92 Å². The highest BCUT2D eigenvalue weighted by Gasteiger charge is 2.23. The van der Waals surface area contributed by atoms with Gasteiger partial charge in [-0.2, -0.15) is 11.8 Å². The average Bonchev–Trinajstić information content (AvgIpc) is 2.18. The Morgan fingerprint density at radius 2 is 2.44 bits per heavy atom. The topological polar surface area (TPSA) is 32.3 Å². The molecule has 1 rings (SSSR count). The minimum absolute atomic E-state index is 0.0996. The minimum atomic E-state index is -0.0996. The lowest BCUT2D eigenvalue weighted by Gasteiger charge is -2.09. The van der Waals surface area contributed by atoms with Gasteiger partial charge in [-0.15, -0.1) is 0 Å². The maximum Gasteiger partial charge on any atom is 0.0712 e. The van der Waals surface area contributed by atoms with E-state index >= 15 is 0 Å². The highest BCUT2D eigenvalue weighted by molar-refractivity contribution is 7.98. The van der Waals surface area contributed by atoms with Gasteiger partial charge < -0.3 is 10.4 Å². The predicted octanol–water partition coefficient (Wildman–Crippen LogP) is -0.0703. The third-order valence-corrected chi connectivity index (χ3v) is 2.45. The molecule has 1 fully saturated rings. The molecule has 1 heterocycles. The summed E-state index contributed by atoms with van der Waals surface area (Å²) in [4.78, 5) is 0. The molecule has 9 heavy (non-hydrogen) atoms. The van der Waals surface area contributed by atoms with Crippen molar-refractivity contribution < 1.29 is 5.11 Å². The largest absolute Gasteiger partial charge is 0.391 e. The van der Waals surface area contributed by atoms with E-state index in [0.717, 1.165) is 18.8 Å². The van der Waals surface area contributed by atoms with E-state index in [-0.39, 0.29) is 6.10 Å². The van der Waals surface area contributed by atoms with Crippen LogP contribution in [0.15, 0.2) is 0 Å². The lowest BCUT2D eigenvalue weighted by molar-refractivity contribution is 0.158. The molecular formula is C6H13NOS. The third kappa shape index (κ3) is 1.85. The number of aliphatic hydroxyl groups excluding tert-OH is 1. The van der Waals surface area contributed by atoms with Crippen molar-refractivity contribution in [2.45, 2.75) is 6.10 Å². The number of β-amino-alcohol motifs (C(OH)–C–C–N with tert-alkyl or cyclic N) is 1. The van der Waals surface area contributed by atoms with Gasteiger partial charge in [-0.25, -0.2) is 0 Å². The van der Waals surface area contributed by atoms with Gasteiger partial charge in [0.1, 0.15) is 0 Å². The SMILES string of the molecule is CSCC1CNCC1O. The standard InChI is InChI=1S/C6H13NOS/c1-9-4-5-2-7-3-6(5)8/h5-8H,2-4H2,1H3. The molecule has 0 radical (unpaired) electrons. The summed E-state index contributed by atoms with van der Waals surface area (Å²) in [6.45, 7) is 1.77. The van der Waals surface area contributed by atoms with Crippen molar-refractivity contribution in [3.63, 3.8) is 0 Å². The number of thioether (sulfide) groups is 1. The monoisotopic (exact) mass is 147 g/mol. The van der Waals surface area contributed by atoms with Crippen LogP contribution in [-0.4, -0.2) is 36.3 Å². The first-order valence-electron chi connectivity index (χ1n) is 3.22. The first kappa shape index (κ1) is 7.38. The van der Waals surface area contributed by atoms with Crippen molar-refractivity contribution in [2.75, 3.05) is 25.1 Å². The number of hydrogen-bond acceptors (Lipinski definition) is 3. The van der Waals surface area contributed by atoms with E-state index in [4.69, 9.17) is 0 Å². The molecule has 2 N–H and O–H groups in total. The third-order valence-electron chi connectivity index (χ3n) is 1.68. The maximum atomic E-state index is 9.24. The molecular weight excluding hydrogens is 134 g/mol. The Kier molecular flexibility index (Phi) is 2.82. The average molecular weight is 147 g/mol. The Morgan fingerprint density at radius 3 is 2.89 bits per heavy atom. The van der Waals surface area contributed by atoms with Crippen molar-refractivity contribution in [1.29, 1.82) is 0 Å². The summed E-state index contributed by atoms with van der Waals surface area (Å²) in [5, 5.41) is 12.4. The van der Waals surface area contributed by atoms with E-state index in [1.54, 1.807) is 11.8 Å². The summed E-state index contributed by atoms with van der Waals surface area (Å²) in [6.07, 6.45) is 1.97. The normalized spacial score (nSPS) is 35.3. The van der Waals surface area contributed by atoms with Gasteiger partial charge in [0, 0.05) is 19.0 Å². The summed E-state index contributed by atoms with van der Waals surface area (Å²) in [5.74, 6) is 1.56. The first-order chi connectivity index (χ1) is 4.34. The van der Waals surface area contributed by atoms with Gasteiger partial charge in [0.15, 0.2) is 0 Å². The van der Waals surface area contributed by atoms with Crippen molar-refractivity contribution in [1.82, 2.24) is 5.32 Å². The molecule has 54 valence electrons. The highest BCUT2D eigenvalue weighted by atomic mass is 32.2. The second-order valence-corrected chi connectivity index (χ2v) is 3.35. The molecule has 1 aliphatic heterocycles. The number of nitrogens with one attached hydrogen (secondary N) is 1. The molecule has 0 aliphatic carbocycles. The quantitative estimate of drug-likeness (QED) is 0.573. The van der Waals surface area contributed by atoms with Crippen LogP contribution in [0.1, 0.15) is 0 Å². The van der Waals surface area contributed by atoms with Crippen LogP contribution in [0.5, 0.6) is 0 Å². The van der Waals surface area contributed by atoms with E-state index in [0.29, 0.717) is 5.92 Å². The van der Waals surface area contributed by atoms with Gasteiger partial charge >= 0.3 is 0 Å². The molecule has 2 atom stereocenters. The van der Waals surface area contributed by atoms with Crippen LogP contribution in [0.4, 0.5) is 0 Å². The molecule has 2 nitrogen and oxygen atoms in total. The highest BCUT2D eigenvalue weighted by Crippen LogP contribution is 2.13. The van der Waals surface area contributed by atoms with Gasteiger partial charge in [-0.05, 0) is 12.0 Å². The number of aliphatic hydroxyl groups is 1. The van der Waals surface area contributed by atoms with Crippen LogP contribution < -0.4 is 5.32 Å². The van der Waals surface area contributed by atoms with E-state index in [2.05, 4.69) is 11.6 Å². The zero-order valence-electron chi connectivity index (χ0n) is 5.63. The van der Waals surface area contributed by atoms with Gasteiger partial charge in [0.2, 0.25) is 0 Å². The van der Waals surface area contributed by atoms with Gasteiger partial charge in [-0.1, -0.05) is 0 Å². The fourth-order valence-corrected chi connectivity index (χ4v) is 1.87. The summed E-state index contributed by atoms with van der Waals surface area (Å²) in [6, 6.07) is 0. The predicted molar refractivity (Wildman–Crippen MR) is 40.7 cm³/mol. The lowest BCUT2D eigenvalue weighted by atomic mass is 10.1. The van der Waals surface area contributed by atoms with Crippen LogP contribution in [0.3, 0.4) is 0 Å². The second-order valence-electron chi connectivity index (χ2n) is 2.44. The van der Waals surface area contributed by atoms with Gasteiger partial charge in [0.05, 0.1) is 6.10 Å². The smallest absolute Gasteiger partial charge is 0.0712 e. The molecule has 2 unspecified atom stereocenters. The van der Waals surface area contributed by atoms with Crippen LogP contribution in [0.2, 0.25) is 0 Å². The van der Waals surface area contributed by atoms with Crippen LogP contribution in [0, 0.1) is 5.92 Å². The molecule has 0 aromatic heterocycles. The Labute approximate surface area is 60.0 Å². The zero-order chi connectivity index (χ0) is 6.69. The Morgan fingerprint density at radius 1 is 1.67 bits per heavy atom. The van der Waals surface area contributed by atoms with Crippen molar-refractivity contribution in [3.8, 4) is 0 Å². The molecule has 0 aromatic carbocycles. The second kappa shape index (κ2) is 3.44. The van der Waals surface area contributed by atoms with E-state index in [1.165, 1.54) is 0 Å². The Hall–Kier alpha value is 0.270. The molecule has 0 bridgehead atoms. The molecule has 0 amide bonds.